The summed E-state index contributed by atoms with van der Waals surface area (Å²) in [5, 5.41) is 2.00. The molecular formula is C25H21F2N3O3S. The van der Waals surface area contributed by atoms with Crippen LogP contribution in [0.25, 0.3) is 0 Å². The molecule has 174 valence electrons. The number of nitrogens with one attached hydrogen (secondary N) is 1. The van der Waals surface area contributed by atoms with Gasteiger partial charge in [0.1, 0.15) is 28.3 Å². The number of aliphatic imine (C=N–C) groups is 1. The van der Waals surface area contributed by atoms with Crippen LogP contribution in [-0.2, 0) is 16.1 Å². The number of benzene rings is 3. The van der Waals surface area contributed by atoms with Crippen LogP contribution in [0.3, 0.4) is 0 Å². The van der Waals surface area contributed by atoms with Crippen LogP contribution in [0.5, 0.6) is 5.75 Å². The van der Waals surface area contributed by atoms with Crippen LogP contribution < -0.4 is 10.1 Å². The Kier molecular flexibility index (Phi) is 7.22. The van der Waals surface area contributed by atoms with E-state index in [-0.39, 0.29) is 35.4 Å². The van der Waals surface area contributed by atoms with Crippen LogP contribution in [0.15, 0.2) is 77.8 Å². The number of thioether (sulfide) groups is 1. The number of methoxy groups -OCH3 is 1. The molecule has 3 aromatic carbocycles. The molecule has 1 atom stereocenters. The molecule has 0 spiro atoms. The first kappa shape index (κ1) is 23.4. The van der Waals surface area contributed by atoms with Crippen molar-refractivity contribution in [3.8, 4) is 5.75 Å². The van der Waals surface area contributed by atoms with E-state index in [4.69, 9.17) is 4.74 Å². The number of hydrogen-bond donors (Lipinski definition) is 1. The van der Waals surface area contributed by atoms with Crippen molar-refractivity contribution in [1.82, 2.24) is 4.90 Å². The zero-order valence-electron chi connectivity index (χ0n) is 18.2. The molecule has 6 nitrogen and oxygen atoms in total. The lowest BCUT2D eigenvalue weighted by Gasteiger charge is -2.17. The zero-order chi connectivity index (χ0) is 24.1. The number of amidine groups is 1. The lowest BCUT2D eigenvalue weighted by atomic mass is 10.2. The molecule has 1 heterocycles. The second-order valence-electron chi connectivity index (χ2n) is 7.46. The molecule has 1 fully saturated rings. The summed E-state index contributed by atoms with van der Waals surface area (Å²) in [6, 6.07) is 19.0. The molecule has 34 heavy (non-hydrogen) atoms. The average Bonchev–Trinajstić information content (AvgIpc) is 3.11. The lowest BCUT2D eigenvalue weighted by Crippen LogP contribution is -2.33. The molecular weight excluding hydrogens is 460 g/mol. The maximum atomic E-state index is 14.2. The Hall–Kier alpha value is -3.72. The minimum atomic E-state index is -0.782. The maximum absolute atomic E-state index is 14.2. The summed E-state index contributed by atoms with van der Waals surface area (Å²) in [6.45, 7) is 0.189. The third-order valence-electron chi connectivity index (χ3n) is 5.11. The van der Waals surface area contributed by atoms with Crippen LogP contribution in [0.4, 0.5) is 20.2 Å². The summed E-state index contributed by atoms with van der Waals surface area (Å²) in [5.74, 6) is -1.25. The molecule has 0 aromatic heterocycles. The van der Waals surface area contributed by atoms with Crippen molar-refractivity contribution in [2.75, 3.05) is 12.4 Å². The van der Waals surface area contributed by atoms with Gasteiger partial charge in [-0.1, -0.05) is 48.2 Å². The number of rotatable bonds is 7. The summed E-state index contributed by atoms with van der Waals surface area (Å²) in [6.07, 6.45) is -0.187. The Morgan fingerprint density at radius 3 is 2.38 bits per heavy atom. The van der Waals surface area contributed by atoms with E-state index in [1.54, 1.807) is 37.4 Å². The molecule has 0 saturated carbocycles. The van der Waals surface area contributed by atoms with E-state index < -0.39 is 22.8 Å². The fourth-order valence-electron chi connectivity index (χ4n) is 3.36. The van der Waals surface area contributed by atoms with Crippen LogP contribution in [0, 0.1) is 11.6 Å². The number of ether oxygens (including phenoxy) is 1. The molecule has 4 rings (SSSR count). The minimum Gasteiger partial charge on any atom is -0.497 e. The Morgan fingerprint density at radius 2 is 1.71 bits per heavy atom. The Bertz CT molecular complexity index is 1230. The molecule has 1 N–H and O–H groups in total. The minimum absolute atomic E-state index is 0.0401. The molecule has 3 aromatic rings. The largest absolute Gasteiger partial charge is 0.497 e. The number of carbonyl (C=O) groups is 2. The van der Waals surface area contributed by atoms with E-state index in [2.05, 4.69) is 10.3 Å². The van der Waals surface area contributed by atoms with Crippen LogP contribution in [-0.4, -0.2) is 34.2 Å². The molecule has 0 unspecified atom stereocenters. The van der Waals surface area contributed by atoms with Crippen LogP contribution in [0.1, 0.15) is 12.0 Å². The van der Waals surface area contributed by atoms with Crippen molar-refractivity contribution in [3.05, 3.63) is 90.0 Å². The number of halogens is 2. The highest BCUT2D eigenvalue weighted by Gasteiger charge is 2.39. The van der Waals surface area contributed by atoms with Crippen molar-refractivity contribution in [3.63, 3.8) is 0 Å². The average molecular weight is 482 g/mol. The van der Waals surface area contributed by atoms with Crippen molar-refractivity contribution >= 4 is 40.1 Å². The summed E-state index contributed by atoms with van der Waals surface area (Å²) < 4.78 is 33.3. The van der Waals surface area contributed by atoms with Crippen molar-refractivity contribution in [2.24, 2.45) is 4.99 Å². The highest BCUT2D eigenvalue weighted by Crippen LogP contribution is 2.34. The van der Waals surface area contributed by atoms with Crippen LogP contribution in [0.2, 0.25) is 0 Å². The van der Waals surface area contributed by atoms with Gasteiger partial charge in [0.2, 0.25) is 11.8 Å². The monoisotopic (exact) mass is 481 g/mol. The first-order valence-electron chi connectivity index (χ1n) is 10.4. The molecule has 1 aliphatic heterocycles. The van der Waals surface area contributed by atoms with Crippen molar-refractivity contribution < 1.29 is 23.1 Å². The van der Waals surface area contributed by atoms with Crippen molar-refractivity contribution in [2.45, 2.75) is 18.2 Å². The first-order chi connectivity index (χ1) is 16.4. The molecule has 1 saturated heterocycles. The fraction of sp³-hybridized carbons (Fsp3) is 0.160. The number of hydrogen-bond acceptors (Lipinski definition) is 5. The molecule has 2 amide bonds. The SMILES string of the molecule is COc1ccc(CN2C(=O)[C@H](CC(=O)Nc3ccccc3F)SC2=Nc2ccccc2F)cc1. The predicted molar refractivity (Wildman–Crippen MR) is 128 cm³/mol. The first-order valence-corrected chi connectivity index (χ1v) is 11.3. The van der Waals surface area contributed by atoms with Gasteiger partial charge in [0.15, 0.2) is 5.17 Å². The Morgan fingerprint density at radius 1 is 1.03 bits per heavy atom. The second-order valence-corrected chi connectivity index (χ2v) is 8.63. The molecule has 0 bridgehead atoms. The number of carbonyl (C=O) groups excluding carboxylic acids is 2. The van der Waals surface area contributed by atoms with E-state index in [0.717, 1.165) is 17.3 Å². The molecule has 0 radical (unpaired) electrons. The normalized spacial score (nSPS) is 16.7. The Balaban J connectivity index is 1.56. The van der Waals surface area contributed by atoms with Gasteiger partial charge in [0, 0.05) is 6.42 Å². The predicted octanol–water partition coefficient (Wildman–Crippen LogP) is 5.13. The lowest BCUT2D eigenvalue weighted by molar-refractivity contribution is -0.128. The topological polar surface area (TPSA) is 71.0 Å². The summed E-state index contributed by atoms with van der Waals surface area (Å²) in [5.41, 5.74) is 0.944. The third-order valence-corrected chi connectivity index (χ3v) is 6.28. The Labute approximate surface area is 199 Å². The van der Waals surface area contributed by atoms with E-state index in [9.17, 15) is 18.4 Å². The van der Waals surface area contributed by atoms with Gasteiger partial charge in [-0.3, -0.25) is 14.5 Å². The summed E-state index contributed by atoms with van der Waals surface area (Å²) in [4.78, 5) is 31.6. The van der Waals surface area contributed by atoms with Gasteiger partial charge < -0.3 is 10.1 Å². The number of nitrogens with zero attached hydrogens (tertiary/aromatic N) is 2. The molecule has 1 aliphatic rings. The summed E-state index contributed by atoms with van der Waals surface area (Å²) >= 11 is 1.08. The third kappa shape index (κ3) is 5.43. The smallest absolute Gasteiger partial charge is 0.242 e. The van der Waals surface area contributed by atoms with E-state index in [1.165, 1.54) is 35.2 Å². The maximum Gasteiger partial charge on any atom is 0.242 e. The van der Waals surface area contributed by atoms with Gasteiger partial charge in [-0.25, -0.2) is 13.8 Å². The van der Waals surface area contributed by atoms with E-state index in [1.807, 2.05) is 12.1 Å². The van der Waals surface area contributed by atoms with E-state index in [0.29, 0.717) is 5.75 Å². The van der Waals surface area contributed by atoms with Gasteiger partial charge in [-0.05, 0) is 42.0 Å². The van der Waals surface area contributed by atoms with Gasteiger partial charge in [0.25, 0.3) is 0 Å². The standard InChI is InChI=1S/C25H21F2N3O3S/c1-33-17-12-10-16(11-13-17)15-30-24(32)22(14-23(31)28-20-8-4-2-6-18(20)26)34-25(30)29-21-9-5-3-7-19(21)27/h2-13,22H,14-15H2,1H3,(H,28,31)/t22-/m0/s1. The van der Waals surface area contributed by atoms with Gasteiger partial charge >= 0.3 is 0 Å². The number of para-hydroxylation sites is 2. The van der Waals surface area contributed by atoms with Gasteiger partial charge in [-0.15, -0.1) is 0 Å². The van der Waals surface area contributed by atoms with Gasteiger partial charge in [-0.2, -0.15) is 0 Å². The highest BCUT2D eigenvalue weighted by molar-refractivity contribution is 8.15. The number of anilines is 1. The fourth-order valence-corrected chi connectivity index (χ4v) is 4.51. The molecule has 9 heteroatoms. The number of amides is 2. The van der Waals surface area contributed by atoms with Crippen LogP contribution >= 0.6 is 11.8 Å². The quantitative estimate of drug-likeness (QED) is 0.508. The van der Waals surface area contributed by atoms with Gasteiger partial charge in [0.05, 0.1) is 19.3 Å². The van der Waals surface area contributed by atoms with Crippen molar-refractivity contribution in [1.29, 1.82) is 0 Å². The highest BCUT2D eigenvalue weighted by atomic mass is 32.2. The van der Waals surface area contributed by atoms with E-state index >= 15 is 0 Å². The summed E-state index contributed by atoms with van der Waals surface area (Å²) in [7, 11) is 1.56. The zero-order valence-corrected chi connectivity index (χ0v) is 19.0. The second kappa shape index (κ2) is 10.5. The molecule has 0 aliphatic carbocycles.